The molecule has 1 saturated carbocycles. The Morgan fingerprint density at radius 1 is 1.16 bits per heavy atom. The smallest absolute Gasteiger partial charge is 0.168 e. The first-order chi connectivity index (χ1) is 9.30. The van der Waals surface area contributed by atoms with E-state index in [9.17, 15) is 0 Å². The summed E-state index contributed by atoms with van der Waals surface area (Å²) in [6, 6.07) is 0.675. The van der Waals surface area contributed by atoms with Crippen LogP contribution in [0.3, 0.4) is 0 Å². The van der Waals surface area contributed by atoms with Gasteiger partial charge in [-0.3, -0.25) is 0 Å². The molecule has 2 heterocycles. The van der Waals surface area contributed by atoms with Crippen LogP contribution in [0.1, 0.15) is 39.0 Å². The molecule has 3 rings (SSSR count). The maximum Gasteiger partial charge on any atom is 0.168 e. The first-order valence-corrected chi connectivity index (χ1v) is 8.03. The minimum Gasteiger partial charge on any atom is -0.348 e. The van der Waals surface area contributed by atoms with Gasteiger partial charge in [-0.2, -0.15) is 0 Å². The highest BCUT2D eigenvalue weighted by Crippen LogP contribution is 2.35. The second-order valence-electron chi connectivity index (χ2n) is 6.34. The monoisotopic (exact) mass is 268 g/mol. The summed E-state index contributed by atoms with van der Waals surface area (Å²) in [4.78, 5) is 2.56. The molecule has 0 aromatic rings. The molecule has 1 unspecified atom stereocenters. The molecule has 0 bridgehead atoms. The van der Waals surface area contributed by atoms with Crippen molar-refractivity contribution in [3.8, 4) is 0 Å². The minimum atomic E-state index is -0.204. The van der Waals surface area contributed by atoms with Crippen molar-refractivity contribution in [1.29, 1.82) is 0 Å². The summed E-state index contributed by atoms with van der Waals surface area (Å²) in [5.41, 5.74) is 0. The van der Waals surface area contributed by atoms with E-state index in [2.05, 4.69) is 17.1 Å². The highest BCUT2D eigenvalue weighted by Gasteiger charge is 2.40. The van der Waals surface area contributed by atoms with Crippen molar-refractivity contribution in [1.82, 2.24) is 10.2 Å². The van der Waals surface area contributed by atoms with Gasteiger partial charge in [-0.1, -0.05) is 6.92 Å². The summed E-state index contributed by atoms with van der Waals surface area (Å²) in [6.07, 6.45) is 5.89. The molecule has 0 aromatic heterocycles. The maximum atomic E-state index is 5.78. The molecule has 1 aliphatic carbocycles. The van der Waals surface area contributed by atoms with Crippen molar-refractivity contribution in [3.05, 3.63) is 0 Å². The van der Waals surface area contributed by atoms with Gasteiger partial charge in [0.2, 0.25) is 0 Å². The molecule has 0 amide bonds. The third-order valence-corrected chi connectivity index (χ3v) is 5.07. The van der Waals surface area contributed by atoms with E-state index in [4.69, 9.17) is 9.47 Å². The minimum absolute atomic E-state index is 0.204. The number of nitrogens with zero attached hydrogens (tertiary/aromatic N) is 1. The van der Waals surface area contributed by atoms with Gasteiger partial charge in [-0.05, 0) is 44.8 Å². The fraction of sp³-hybridized carbons (Fsp3) is 1.00. The van der Waals surface area contributed by atoms with Crippen molar-refractivity contribution in [3.63, 3.8) is 0 Å². The van der Waals surface area contributed by atoms with Crippen LogP contribution >= 0.6 is 0 Å². The predicted octanol–water partition coefficient (Wildman–Crippen LogP) is 1.60. The van der Waals surface area contributed by atoms with E-state index in [0.717, 1.165) is 32.0 Å². The fourth-order valence-corrected chi connectivity index (χ4v) is 3.75. The Hall–Kier alpha value is -0.160. The topological polar surface area (TPSA) is 33.7 Å². The number of nitrogens with one attached hydrogen (secondary N) is 1. The lowest BCUT2D eigenvalue weighted by Crippen LogP contribution is -2.43. The lowest BCUT2D eigenvalue weighted by molar-refractivity contribution is -0.179. The quantitative estimate of drug-likeness (QED) is 0.840. The molecule has 3 fully saturated rings. The van der Waals surface area contributed by atoms with Gasteiger partial charge < -0.3 is 19.7 Å². The summed E-state index contributed by atoms with van der Waals surface area (Å²) in [5, 5.41) is 3.78. The molecule has 2 aliphatic heterocycles. The van der Waals surface area contributed by atoms with Crippen LogP contribution in [0.4, 0.5) is 0 Å². The van der Waals surface area contributed by atoms with Crippen LogP contribution in [0, 0.1) is 5.92 Å². The standard InChI is InChI=1S/C15H28N2O2/c1-2-17-8-5-13(12-17)11-16-14-3-6-15(7-4-14)18-9-10-19-15/h13-14,16H,2-12H2,1H3. The maximum absolute atomic E-state index is 5.78. The third kappa shape index (κ3) is 3.30. The third-order valence-electron chi connectivity index (χ3n) is 5.07. The van der Waals surface area contributed by atoms with Gasteiger partial charge in [0, 0.05) is 25.4 Å². The summed E-state index contributed by atoms with van der Waals surface area (Å²) in [6.45, 7) is 8.80. The van der Waals surface area contributed by atoms with Crippen molar-refractivity contribution < 1.29 is 9.47 Å². The summed E-state index contributed by atoms with van der Waals surface area (Å²) >= 11 is 0. The molecule has 19 heavy (non-hydrogen) atoms. The number of rotatable bonds is 4. The molecular formula is C15H28N2O2. The predicted molar refractivity (Wildman–Crippen MR) is 75.1 cm³/mol. The van der Waals surface area contributed by atoms with Crippen LogP contribution in [0.5, 0.6) is 0 Å². The van der Waals surface area contributed by atoms with Crippen LogP contribution in [-0.2, 0) is 9.47 Å². The van der Waals surface area contributed by atoms with Crippen molar-refractivity contribution >= 4 is 0 Å². The van der Waals surface area contributed by atoms with E-state index < -0.39 is 0 Å². The molecule has 3 aliphatic rings. The molecular weight excluding hydrogens is 240 g/mol. The van der Waals surface area contributed by atoms with Gasteiger partial charge in [-0.25, -0.2) is 0 Å². The zero-order valence-electron chi connectivity index (χ0n) is 12.2. The highest BCUT2D eigenvalue weighted by molar-refractivity contribution is 4.86. The number of ether oxygens (including phenoxy) is 2. The molecule has 1 N–H and O–H groups in total. The Labute approximate surface area is 116 Å². The zero-order chi connectivity index (χ0) is 13.1. The van der Waals surface area contributed by atoms with E-state index in [1.54, 1.807) is 0 Å². The Morgan fingerprint density at radius 3 is 2.53 bits per heavy atom. The van der Waals surface area contributed by atoms with Crippen LogP contribution in [0.15, 0.2) is 0 Å². The fourth-order valence-electron chi connectivity index (χ4n) is 3.75. The van der Waals surface area contributed by atoms with Crippen LogP contribution in [0.25, 0.3) is 0 Å². The molecule has 1 spiro atoms. The van der Waals surface area contributed by atoms with E-state index in [0.29, 0.717) is 6.04 Å². The molecule has 1 atom stereocenters. The molecule has 4 nitrogen and oxygen atoms in total. The largest absolute Gasteiger partial charge is 0.348 e. The number of hydrogen-bond donors (Lipinski definition) is 1. The second kappa shape index (κ2) is 6.08. The van der Waals surface area contributed by atoms with Crippen LogP contribution in [-0.4, -0.2) is 56.1 Å². The van der Waals surface area contributed by atoms with Crippen molar-refractivity contribution in [2.24, 2.45) is 5.92 Å². The van der Waals surface area contributed by atoms with E-state index >= 15 is 0 Å². The van der Waals surface area contributed by atoms with E-state index in [-0.39, 0.29) is 5.79 Å². The Balaban J connectivity index is 1.36. The van der Waals surface area contributed by atoms with E-state index in [1.807, 2.05) is 0 Å². The molecule has 4 heteroatoms. The lowest BCUT2D eigenvalue weighted by Gasteiger charge is -2.36. The van der Waals surface area contributed by atoms with Gasteiger partial charge in [0.05, 0.1) is 13.2 Å². The van der Waals surface area contributed by atoms with Crippen molar-refractivity contribution in [2.45, 2.75) is 50.9 Å². The molecule has 0 aromatic carbocycles. The average molecular weight is 268 g/mol. The summed E-state index contributed by atoms with van der Waals surface area (Å²) < 4.78 is 11.6. The number of hydrogen-bond acceptors (Lipinski definition) is 4. The Morgan fingerprint density at radius 2 is 1.89 bits per heavy atom. The highest BCUT2D eigenvalue weighted by atomic mass is 16.7. The van der Waals surface area contributed by atoms with Gasteiger partial charge in [0.1, 0.15) is 0 Å². The van der Waals surface area contributed by atoms with Crippen molar-refractivity contribution in [2.75, 3.05) is 39.4 Å². The summed E-state index contributed by atoms with van der Waals surface area (Å²) in [5.74, 6) is 0.652. The normalized spacial score (nSPS) is 32.4. The van der Waals surface area contributed by atoms with Crippen LogP contribution in [0.2, 0.25) is 0 Å². The summed E-state index contributed by atoms with van der Waals surface area (Å²) in [7, 11) is 0. The van der Waals surface area contributed by atoms with Crippen LogP contribution < -0.4 is 5.32 Å². The second-order valence-corrected chi connectivity index (χ2v) is 6.34. The molecule has 110 valence electrons. The Kier molecular flexibility index (Phi) is 4.42. The van der Waals surface area contributed by atoms with Gasteiger partial charge in [-0.15, -0.1) is 0 Å². The first-order valence-electron chi connectivity index (χ1n) is 8.03. The SMILES string of the molecule is CCN1CCC(CNC2CCC3(CC2)OCCO3)C1. The molecule has 2 saturated heterocycles. The Bertz CT molecular complexity index is 282. The molecule has 0 radical (unpaired) electrons. The first kappa shape index (κ1) is 13.8. The average Bonchev–Trinajstić information content (AvgIpc) is 3.08. The zero-order valence-corrected chi connectivity index (χ0v) is 12.2. The van der Waals surface area contributed by atoms with Gasteiger partial charge in [0.25, 0.3) is 0 Å². The van der Waals surface area contributed by atoms with Gasteiger partial charge >= 0.3 is 0 Å². The van der Waals surface area contributed by atoms with E-state index in [1.165, 1.54) is 45.4 Å². The van der Waals surface area contributed by atoms with Gasteiger partial charge in [0.15, 0.2) is 5.79 Å². The number of likely N-dealkylation sites (tertiary alicyclic amines) is 1. The lowest BCUT2D eigenvalue weighted by atomic mass is 9.89.